The zero-order chi connectivity index (χ0) is 18.0. The van der Waals surface area contributed by atoms with E-state index in [2.05, 4.69) is 35.6 Å². The molecule has 0 radical (unpaired) electrons. The van der Waals surface area contributed by atoms with Gasteiger partial charge in [-0.25, -0.2) is 0 Å². The minimum Gasteiger partial charge on any atom is -0.415 e. The molecule has 25 heavy (non-hydrogen) atoms. The lowest BCUT2D eigenvalue weighted by Gasteiger charge is -2.18. The number of nitro groups is 1. The Morgan fingerprint density at radius 3 is 2.60 bits per heavy atom. The molecule has 130 valence electrons. The number of aromatic nitrogens is 2. The lowest BCUT2D eigenvalue weighted by Crippen LogP contribution is -3.07. The molecule has 0 bridgehead atoms. The summed E-state index contributed by atoms with van der Waals surface area (Å²) in [5.74, 6) is 0.928. The summed E-state index contributed by atoms with van der Waals surface area (Å²) in [7, 11) is 2.10. The normalized spacial score (nSPS) is 13.6. The van der Waals surface area contributed by atoms with Crippen molar-refractivity contribution in [3.63, 3.8) is 0 Å². The molecule has 2 atom stereocenters. The molecule has 0 amide bonds. The van der Waals surface area contributed by atoms with E-state index in [9.17, 15) is 10.1 Å². The summed E-state index contributed by atoms with van der Waals surface area (Å²) >= 11 is 1.75. The smallest absolute Gasteiger partial charge is 0.274 e. The molecule has 1 unspecified atom stereocenters. The molecular weight excluding hydrogens is 340 g/mol. The van der Waals surface area contributed by atoms with Gasteiger partial charge in [-0.15, -0.1) is 21.5 Å². The SMILES string of the molecule is Cc1ccsc1C[NH+](C)[C@H](C)c1nnc(-c2ccc([N+](=O)[O-])cc2)o1. The third-order valence-corrected chi connectivity index (χ3v) is 5.31. The van der Waals surface area contributed by atoms with Crippen molar-refractivity contribution < 1.29 is 14.2 Å². The van der Waals surface area contributed by atoms with Gasteiger partial charge in [0.05, 0.1) is 16.8 Å². The second kappa shape index (κ2) is 7.12. The fourth-order valence-corrected chi connectivity index (χ4v) is 3.46. The van der Waals surface area contributed by atoms with Gasteiger partial charge in [0.25, 0.3) is 11.6 Å². The van der Waals surface area contributed by atoms with E-state index in [1.165, 1.54) is 27.5 Å². The van der Waals surface area contributed by atoms with E-state index >= 15 is 0 Å². The molecule has 0 saturated carbocycles. The molecular formula is C17H19N4O3S+. The Bertz CT molecular complexity index is 872. The van der Waals surface area contributed by atoms with E-state index in [1.807, 2.05) is 6.92 Å². The van der Waals surface area contributed by atoms with Gasteiger partial charge < -0.3 is 9.32 Å². The molecule has 8 heteroatoms. The summed E-state index contributed by atoms with van der Waals surface area (Å²) in [6.45, 7) is 5.05. The van der Waals surface area contributed by atoms with Gasteiger partial charge in [0.1, 0.15) is 6.54 Å². The fourth-order valence-electron chi connectivity index (χ4n) is 2.45. The van der Waals surface area contributed by atoms with Gasteiger partial charge in [0.15, 0.2) is 6.04 Å². The zero-order valence-corrected chi connectivity index (χ0v) is 15.0. The van der Waals surface area contributed by atoms with Gasteiger partial charge in [-0.2, -0.15) is 0 Å². The maximum absolute atomic E-state index is 10.7. The van der Waals surface area contributed by atoms with Crippen LogP contribution in [0, 0.1) is 17.0 Å². The molecule has 7 nitrogen and oxygen atoms in total. The van der Waals surface area contributed by atoms with Crippen molar-refractivity contribution in [2.75, 3.05) is 7.05 Å². The number of benzene rings is 1. The summed E-state index contributed by atoms with van der Waals surface area (Å²) in [5, 5.41) is 21.1. The van der Waals surface area contributed by atoms with Crippen LogP contribution in [0.2, 0.25) is 0 Å². The van der Waals surface area contributed by atoms with E-state index in [-0.39, 0.29) is 11.7 Å². The van der Waals surface area contributed by atoms with Gasteiger partial charge in [-0.1, -0.05) is 0 Å². The Labute approximate surface area is 149 Å². The number of thiophene rings is 1. The van der Waals surface area contributed by atoms with Crippen LogP contribution >= 0.6 is 11.3 Å². The fraction of sp³-hybridized carbons (Fsp3) is 0.294. The minimum atomic E-state index is -0.435. The Morgan fingerprint density at radius 1 is 1.28 bits per heavy atom. The van der Waals surface area contributed by atoms with Gasteiger partial charge in [0.2, 0.25) is 5.89 Å². The summed E-state index contributed by atoms with van der Waals surface area (Å²) in [4.78, 5) is 12.9. The van der Waals surface area contributed by atoms with Gasteiger partial charge >= 0.3 is 0 Å². The van der Waals surface area contributed by atoms with Crippen LogP contribution in [0.4, 0.5) is 5.69 Å². The summed E-state index contributed by atoms with van der Waals surface area (Å²) in [5.41, 5.74) is 2.00. The summed E-state index contributed by atoms with van der Waals surface area (Å²) < 4.78 is 5.79. The topological polar surface area (TPSA) is 86.5 Å². The largest absolute Gasteiger partial charge is 0.415 e. The van der Waals surface area contributed by atoms with Crippen molar-refractivity contribution >= 4 is 17.0 Å². The number of hydrogen-bond donors (Lipinski definition) is 1. The maximum atomic E-state index is 10.7. The van der Waals surface area contributed by atoms with Crippen LogP contribution in [0.15, 0.2) is 40.1 Å². The summed E-state index contributed by atoms with van der Waals surface area (Å²) in [6.07, 6.45) is 0. The van der Waals surface area contributed by atoms with Crippen LogP contribution in [0.25, 0.3) is 11.5 Å². The molecule has 0 aliphatic carbocycles. The molecule has 1 aromatic carbocycles. The number of nitrogens with one attached hydrogen (secondary N) is 1. The Hall–Kier alpha value is -2.58. The van der Waals surface area contributed by atoms with Crippen LogP contribution in [-0.4, -0.2) is 22.2 Å². The van der Waals surface area contributed by atoms with Gasteiger partial charge in [-0.3, -0.25) is 10.1 Å². The van der Waals surface area contributed by atoms with Crippen molar-refractivity contribution in [3.8, 4) is 11.5 Å². The van der Waals surface area contributed by atoms with E-state index in [0.717, 1.165) is 6.54 Å². The second-order valence-corrected chi connectivity index (χ2v) is 7.02. The molecule has 0 spiro atoms. The van der Waals surface area contributed by atoms with Crippen molar-refractivity contribution in [2.24, 2.45) is 0 Å². The number of hydrogen-bond acceptors (Lipinski definition) is 6. The van der Waals surface area contributed by atoms with Crippen molar-refractivity contribution in [3.05, 3.63) is 62.2 Å². The Morgan fingerprint density at radius 2 is 2.00 bits per heavy atom. The number of nitrogens with zero attached hydrogens (tertiary/aromatic N) is 3. The first-order valence-electron chi connectivity index (χ1n) is 7.89. The van der Waals surface area contributed by atoms with Crippen molar-refractivity contribution in [2.45, 2.75) is 26.4 Å². The highest BCUT2D eigenvalue weighted by molar-refractivity contribution is 7.10. The third-order valence-electron chi connectivity index (χ3n) is 4.28. The van der Waals surface area contributed by atoms with Crippen LogP contribution in [-0.2, 0) is 6.54 Å². The molecule has 3 aromatic rings. The standard InChI is InChI=1S/C17H18N4O3S/c1-11-8-9-25-15(11)10-20(3)12(2)16-18-19-17(24-16)13-4-6-14(7-5-13)21(22)23/h4-9,12H,10H2,1-3H3/p+1/t12-/m1/s1. The average molecular weight is 359 g/mol. The van der Waals surface area contributed by atoms with E-state index in [0.29, 0.717) is 17.3 Å². The van der Waals surface area contributed by atoms with E-state index < -0.39 is 4.92 Å². The lowest BCUT2D eigenvalue weighted by atomic mass is 10.2. The first-order valence-corrected chi connectivity index (χ1v) is 8.77. The second-order valence-electron chi connectivity index (χ2n) is 6.02. The highest BCUT2D eigenvalue weighted by atomic mass is 32.1. The van der Waals surface area contributed by atoms with Crippen LogP contribution in [0.5, 0.6) is 0 Å². The molecule has 0 saturated heterocycles. The van der Waals surface area contributed by atoms with E-state index in [4.69, 9.17) is 4.42 Å². The molecule has 0 aliphatic heterocycles. The predicted octanol–water partition coefficient (Wildman–Crippen LogP) is 2.79. The molecule has 2 aromatic heterocycles. The minimum absolute atomic E-state index is 0.0346. The molecule has 1 N–H and O–H groups in total. The quantitative estimate of drug-likeness (QED) is 0.540. The van der Waals surface area contributed by atoms with Crippen molar-refractivity contribution in [1.29, 1.82) is 0 Å². The third kappa shape index (κ3) is 3.75. The number of non-ortho nitro benzene ring substituents is 1. The Balaban J connectivity index is 1.73. The maximum Gasteiger partial charge on any atom is 0.274 e. The highest BCUT2D eigenvalue weighted by Gasteiger charge is 2.23. The number of nitro benzene ring substituents is 1. The van der Waals surface area contributed by atoms with E-state index in [1.54, 1.807) is 23.5 Å². The number of quaternary nitrogens is 1. The zero-order valence-electron chi connectivity index (χ0n) is 14.2. The molecule has 2 heterocycles. The van der Waals surface area contributed by atoms with Gasteiger partial charge in [-0.05, 0) is 43.0 Å². The van der Waals surface area contributed by atoms with Crippen molar-refractivity contribution in [1.82, 2.24) is 10.2 Å². The Kier molecular flexibility index (Phi) is 4.91. The molecule has 3 rings (SSSR count). The summed E-state index contributed by atoms with van der Waals surface area (Å²) in [6, 6.07) is 8.26. The first kappa shape index (κ1) is 17.2. The molecule has 0 fully saturated rings. The van der Waals surface area contributed by atoms with Crippen LogP contribution in [0.1, 0.15) is 29.3 Å². The van der Waals surface area contributed by atoms with Crippen LogP contribution in [0.3, 0.4) is 0 Å². The van der Waals surface area contributed by atoms with Gasteiger partial charge in [0, 0.05) is 17.7 Å². The predicted molar refractivity (Wildman–Crippen MR) is 94.5 cm³/mol. The molecule has 0 aliphatic rings. The number of rotatable bonds is 6. The number of aryl methyl sites for hydroxylation is 1. The van der Waals surface area contributed by atoms with Crippen LogP contribution < -0.4 is 4.90 Å². The monoisotopic (exact) mass is 359 g/mol. The first-order chi connectivity index (χ1) is 12.0. The highest BCUT2D eigenvalue weighted by Crippen LogP contribution is 2.22. The lowest BCUT2D eigenvalue weighted by molar-refractivity contribution is -0.925. The average Bonchev–Trinajstić information content (AvgIpc) is 3.24.